The van der Waals surface area contributed by atoms with Crippen molar-refractivity contribution in [2.24, 2.45) is 5.73 Å². The zero-order valence-electron chi connectivity index (χ0n) is 12.0. The molecule has 5 heteroatoms. The molecule has 20 heavy (non-hydrogen) atoms. The second kappa shape index (κ2) is 5.89. The molecule has 0 bridgehead atoms. The average Bonchev–Trinajstić information content (AvgIpc) is 2.69. The van der Waals surface area contributed by atoms with Crippen LogP contribution in [-0.2, 0) is 4.79 Å². The van der Waals surface area contributed by atoms with Crippen molar-refractivity contribution in [2.75, 3.05) is 18.4 Å². The minimum Gasteiger partial charge on any atom is -0.389 e. The average molecular weight is 291 g/mol. The van der Waals surface area contributed by atoms with Crippen molar-refractivity contribution in [2.45, 2.75) is 32.2 Å². The van der Waals surface area contributed by atoms with E-state index in [1.165, 1.54) is 0 Å². The number of carbonyl (C=O) groups excluding carboxylic acids is 1. The van der Waals surface area contributed by atoms with Crippen molar-refractivity contribution in [1.29, 1.82) is 0 Å². The summed E-state index contributed by atoms with van der Waals surface area (Å²) in [6, 6.07) is 7.35. The fourth-order valence-corrected chi connectivity index (χ4v) is 2.80. The van der Waals surface area contributed by atoms with E-state index in [-0.39, 0.29) is 11.4 Å². The Balaban J connectivity index is 2.04. The smallest absolute Gasteiger partial charge is 0.238 e. The van der Waals surface area contributed by atoms with E-state index >= 15 is 0 Å². The van der Waals surface area contributed by atoms with E-state index in [4.69, 9.17) is 18.0 Å². The lowest BCUT2D eigenvalue weighted by atomic mass is 10.0. The van der Waals surface area contributed by atoms with E-state index in [9.17, 15) is 4.79 Å². The number of amides is 1. The van der Waals surface area contributed by atoms with Gasteiger partial charge in [0, 0.05) is 11.1 Å². The van der Waals surface area contributed by atoms with Crippen LogP contribution in [0.1, 0.15) is 32.3 Å². The summed E-state index contributed by atoms with van der Waals surface area (Å²) in [5.41, 5.74) is 7.15. The highest BCUT2D eigenvalue weighted by Gasteiger charge is 2.32. The van der Waals surface area contributed by atoms with Crippen LogP contribution in [0.3, 0.4) is 0 Å². The van der Waals surface area contributed by atoms with Gasteiger partial charge in [-0.15, -0.1) is 0 Å². The first-order valence-electron chi connectivity index (χ1n) is 6.84. The number of nitrogens with one attached hydrogen (secondary N) is 1. The summed E-state index contributed by atoms with van der Waals surface area (Å²) in [7, 11) is 0. The lowest BCUT2D eigenvalue weighted by Gasteiger charge is -2.30. The molecule has 1 aliphatic heterocycles. The predicted molar refractivity (Wildman–Crippen MR) is 85.8 cm³/mol. The molecule has 4 nitrogen and oxygen atoms in total. The molecule has 3 N–H and O–H groups in total. The predicted octanol–water partition coefficient (Wildman–Crippen LogP) is 2.13. The highest BCUT2D eigenvalue weighted by atomic mass is 32.1. The third kappa shape index (κ3) is 3.35. The van der Waals surface area contributed by atoms with Gasteiger partial charge in [0.1, 0.15) is 4.99 Å². The normalized spacial score (nSPS) is 17.9. The Morgan fingerprint density at radius 1 is 1.45 bits per heavy atom. The number of rotatable bonds is 4. The van der Waals surface area contributed by atoms with Gasteiger partial charge in [0.05, 0.1) is 12.2 Å². The third-order valence-corrected chi connectivity index (χ3v) is 4.09. The molecule has 108 valence electrons. The number of nitrogens with zero attached hydrogens (tertiary/aromatic N) is 1. The van der Waals surface area contributed by atoms with E-state index in [1.807, 2.05) is 24.3 Å². The molecule has 0 saturated carbocycles. The van der Waals surface area contributed by atoms with E-state index < -0.39 is 0 Å². The first-order valence-corrected chi connectivity index (χ1v) is 7.25. The maximum Gasteiger partial charge on any atom is 0.238 e. The summed E-state index contributed by atoms with van der Waals surface area (Å²) in [6.45, 7) is 5.72. The summed E-state index contributed by atoms with van der Waals surface area (Å²) in [5.74, 6) is -0.0244. The molecule has 1 heterocycles. The highest BCUT2D eigenvalue weighted by molar-refractivity contribution is 7.80. The number of hydrogen-bond acceptors (Lipinski definition) is 3. The molecular formula is C15H21N3OS. The van der Waals surface area contributed by atoms with Gasteiger partial charge in [-0.25, -0.2) is 0 Å². The molecule has 1 aliphatic rings. The monoisotopic (exact) mass is 291 g/mol. The molecule has 1 fully saturated rings. The minimum atomic E-state index is -0.0244. The number of hydrogen-bond donors (Lipinski definition) is 2. The first-order chi connectivity index (χ1) is 9.40. The molecule has 0 radical (unpaired) electrons. The number of para-hydroxylation sites is 1. The second-order valence-electron chi connectivity index (χ2n) is 5.80. The molecule has 1 aromatic rings. The molecule has 0 spiro atoms. The largest absolute Gasteiger partial charge is 0.389 e. The Labute approximate surface area is 125 Å². The molecule has 0 unspecified atom stereocenters. The summed E-state index contributed by atoms with van der Waals surface area (Å²) in [5, 5.41) is 2.91. The van der Waals surface area contributed by atoms with Crippen molar-refractivity contribution in [1.82, 2.24) is 4.90 Å². The van der Waals surface area contributed by atoms with E-state index in [1.54, 1.807) is 0 Å². The Bertz CT molecular complexity index is 528. The van der Waals surface area contributed by atoms with Gasteiger partial charge in [-0.05, 0) is 45.4 Å². The van der Waals surface area contributed by atoms with Crippen LogP contribution in [0.4, 0.5) is 5.69 Å². The fourth-order valence-electron chi connectivity index (χ4n) is 2.63. The fraction of sp³-hybridized carbons (Fsp3) is 0.467. The summed E-state index contributed by atoms with van der Waals surface area (Å²) in [6.07, 6.45) is 2.27. The SMILES string of the molecule is CC1(C)CCCN1CC(=O)Nc1ccccc1C(N)=S. The van der Waals surface area contributed by atoms with Gasteiger partial charge in [-0.2, -0.15) is 0 Å². The topological polar surface area (TPSA) is 58.4 Å². The third-order valence-electron chi connectivity index (χ3n) is 3.87. The molecule has 0 aliphatic carbocycles. The molecule has 1 amide bonds. The van der Waals surface area contributed by atoms with E-state index in [0.29, 0.717) is 22.8 Å². The Hall–Kier alpha value is -1.46. The first kappa shape index (κ1) is 14.9. The molecular weight excluding hydrogens is 270 g/mol. The van der Waals surface area contributed by atoms with Crippen LogP contribution in [0.25, 0.3) is 0 Å². The van der Waals surface area contributed by atoms with Crippen LogP contribution in [0.2, 0.25) is 0 Å². The van der Waals surface area contributed by atoms with E-state index in [2.05, 4.69) is 24.1 Å². The number of likely N-dealkylation sites (tertiary alicyclic amines) is 1. The number of anilines is 1. The molecule has 1 aromatic carbocycles. The standard InChI is InChI=1S/C15H21N3OS/c1-15(2)8-5-9-18(15)10-13(19)17-12-7-4-3-6-11(12)14(16)20/h3-4,6-7H,5,8-10H2,1-2H3,(H2,16,20)(H,17,19). The van der Waals surface area contributed by atoms with Crippen LogP contribution >= 0.6 is 12.2 Å². The van der Waals surface area contributed by atoms with Gasteiger partial charge in [-0.3, -0.25) is 9.69 Å². The maximum atomic E-state index is 12.2. The Morgan fingerprint density at radius 3 is 2.75 bits per heavy atom. The number of thiocarbonyl (C=S) groups is 1. The lowest BCUT2D eigenvalue weighted by molar-refractivity contribution is -0.118. The summed E-state index contributed by atoms with van der Waals surface area (Å²) in [4.78, 5) is 14.7. The highest BCUT2D eigenvalue weighted by Crippen LogP contribution is 2.27. The zero-order chi connectivity index (χ0) is 14.8. The molecule has 2 rings (SSSR count). The van der Waals surface area contributed by atoms with Crippen molar-refractivity contribution in [3.8, 4) is 0 Å². The van der Waals surface area contributed by atoms with Crippen LogP contribution in [0, 0.1) is 0 Å². The molecule has 1 saturated heterocycles. The van der Waals surface area contributed by atoms with Crippen molar-refractivity contribution >= 4 is 28.8 Å². The van der Waals surface area contributed by atoms with Crippen molar-refractivity contribution in [3.05, 3.63) is 29.8 Å². The molecule has 0 atom stereocenters. The van der Waals surface area contributed by atoms with Crippen LogP contribution in [-0.4, -0.2) is 34.4 Å². The Morgan fingerprint density at radius 2 is 2.15 bits per heavy atom. The lowest BCUT2D eigenvalue weighted by Crippen LogP contribution is -2.43. The minimum absolute atomic E-state index is 0.0244. The van der Waals surface area contributed by atoms with Gasteiger partial charge in [0.15, 0.2) is 0 Å². The summed E-state index contributed by atoms with van der Waals surface area (Å²) < 4.78 is 0. The van der Waals surface area contributed by atoms with Crippen LogP contribution < -0.4 is 11.1 Å². The van der Waals surface area contributed by atoms with Crippen molar-refractivity contribution < 1.29 is 4.79 Å². The molecule has 0 aromatic heterocycles. The summed E-state index contributed by atoms with van der Waals surface area (Å²) >= 11 is 5.00. The Kier molecular flexibility index (Phi) is 4.40. The number of nitrogens with two attached hydrogens (primary N) is 1. The van der Waals surface area contributed by atoms with Gasteiger partial charge in [0.2, 0.25) is 5.91 Å². The van der Waals surface area contributed by atoms with Gasteiger partial charge < -0.3 is 11.1 Å². The van der Waals surface area contributed by atoms with E-state index in [0.717, 1.165) is 19.4 Å². The maximum absolute atomic E-state index is 12.2. The van der Waals surface area contributed by atoms with Gasteiger partial charge in [0.25, 0.3) is 0 Å². The zero-order valence-corrected chi connectivity index (χ0v) is 12.8. The van der Waals surface area contributed by atoms with Crippen molar-refractivity contribution in [3.63, 3.8) is 0 Å². The van der Waals surface area contributed by atoms with Gasteiger partial charge >= 0.3 is 0 Å². The number of benzene rings is 1. The van der Waals surface area contributed by atoms with Gasteiger partial charge in [-0.1, -0.05) is 24.4 Å². The van der Waals surface area contributed by atoms with Crippen LogP contribution in [0.5, 0.6) is 0 Å². The second-order valence-corrected chi connectivity index (χ2v) is 6.24. The number of carbonyl (C=O) groups is 1. The quantitative estimate of drug-likeness (QED) is 0.834. The van der Waals surface area contributed by atoms with Crippen LogP contribution in [0.15, 0.2) is 24.3 Å².